The van der Waals surface area contributed by atoms with Crippen LogP contribution in [0, 0.1) is 5.92 Å². The summed E-state index contributed by atoms with van der Waals surface area (Å²) in [5.41, 5.74) is 7.43. The highest BCUT2D eigenvalue weighted by atomic mass is 16.1. The first-order valence-corrected chi connectivity index (χ1v) is 8.53. The predicted octanol–water partition coefficient (Wildman–Crippen LogP) is 4.62. The van der Waals surface area contributed by atoms with E-state index in [9.17, 15) is 4.79 Å². The molecule has 0 atom stereocenters. The molecule has 1 aromatic carbocycles. The first-order chi connectivity index (χ1) is 11.8. The molecule has 0 amide bonds. The van der Waals surface area contributed by atoms with Crippen LogP contribution < -0.4 is 5.73 Å². The summed E-state index contributed by atoms with van der Waals surface area (Å²) >= 11 is 0. The van der Waals surface area contributed by atoms with E-state index in [-0.39, 0.29) is 0 Å². The van der Waals surface area contributed by atoms with Crippen LogP contribution in [0.15, 0.2) is 49.6 Å². The van der Waals surface area contributed by atoms with E-state index < -0.39 is 0 Å². The molecule has 0 aliphatic rings. The number of nitrogens with zero attached hydrogens (tertiary/aromatic N) is 2. The SMILES string of the molecule is C=CC(C)C.C=CCn1c(N)c(C=O)c2ccccc21.CCN(C)C. The summed E-state index contributed by atoms with van der Waals surface area (Å²) in [5, 5.41) is 0.895. The zero-order valence-corrected chi connectivity index (χ0v) is 16.3. The van der Waals surface area contributed by atoms with E-state index in [1.165, 1.54) is 0 Å². The number of carbonyl (C=O) groups is 1. The molecule has 0 aliphatic carbocycles. The number of carbonyl (C=O) groups excluding carboxylic acids is 1. The van der Waals surface area contributed by atoms with E-state index >= 15 is 0 Å². The molecule has 4 heteroatoms. The van der Waals surface area contributed by atoms with E-state index in [2.05, 4.69) is 52.9 Å². The van der Waals surface area contributed by atoms with Gasteiger partial charge in [0.2, 0.25) is 0 Å². The molecule has 0 bridgehead atoms. The van der Waals surface area contributed by atoms with Gasteiger partial charge in [0.25, 0.3) is 0 Å². The number of hydrogen-bond donors (Lipinski definition) is 1. The number of benzene rings is 1. The summed E-state index contributed by atoms with van der Waals surface area (Å²) in [5.74, 6) is 1.15. The largest absolute Gasteiger partial charge is 0.384 e. The summed E-state index contributed by atoms with van der Waals surface area (Å²) in [7, 11) is 4.11. The van der Waals surface area contributed by atoms with Gasteiger partial charge in [-0.3, -0.25) is 4.79 Å². The Labute approximate surface area is 152 Å². The molecule has 2 aromatic rings. The third kappa shape index (κ3) is 7.40. The van der Waals surface area contributed by atoms with E-state index in [4.69, 9.17) is 5.73 Å². The van der Waals surface area contributed by atoms with Crippen LogP contribution in [-0.4, -0.2) is 36.4 Å². The van der Waals surface area contributed by atoms with Gasteiger partial charge >= 0.3 is 0 Å². The molecule has 0 radical (unpaired) electrons. The average molecular weight is 344 g/mol. The maximum absolute atomic E-state index is 10.9. The fourth-order valence-electron chi connectivity index (χ4n) is 1.80. The van der Waals surface area contributed by atoms with Gasteiger partial charge in [0, 0.05) is 11.9 Å². The van der Waals surface area contributed by atoms with Crippen LogP contribution in [0.2, 0.25) is 0 Å². The molecule has 0 saturated carbocycles. The van der Waals surface area contributed by atoms with Crippen molar-refractivity contribution in [2.24, 2.45) is 5.92 Å². The Kier molecular flexibility index (Phi) is 11.0. The summed E-state index contributed by atoms with van der Waals surface area (Å²) in [6.45, 7) is 15.3. The average Bonchev–Trinajstić information content (AvgIpc) is 2.88. The number of aromatic nitrogens is 1. The van der Waals surface area contributed by atoms with Gasteiger partial charge in [-0.2, -0.15) is 0 Å². The van der Waals surface area contributed by atoms with Gasteiger partial charge in [0.05, 0.1) is 11.1 Å². The van der Waals surface area contributed by atoms with Gasteiger partial charge in [0.15, 0.2) is 6.29 Å². The fourth-order valence-corrected chi connectivity index (χ4v) is 1.80. The van der Waals surface area contributed by atoms with Crippen LogP contribution in [0.4, 0.5) is 5.82 Å². The zero-order chi connectivity index (χ0) is 19.4. The highest BCUT2D eigenvalue weighted by molar-refractivity contribution is 6.03. The Morgan fingerprint density at radius 3 is 2.16 bits per heavy atom. The van der Waals surface area contributed by atoms with E-state index in [0.29, 0.717) is 23.8 Å². The van der Waals surface area contributed by atoms with E-state index in [1.807, 2.05) is 34.9 Å². The number of allylic oxidation sites excluding steroid dienone is 2. The molecule has 1 heterocycles. The lowest BCUT2D eigenvalue weighted by Gasteiger charge is -2.03. The van der Waals surface area contributed by atoms with Crippen LogP contribution >= 0.6 is 0 Å². The second kappa shape index (κ2) is 12.1. The molecule has 138 valence electrons. The van der Waals surface area contributed by atoms with Crippen molar-refractivity contribution in [2.45, 2.75) is 27.3 Å². The lowest BCUT2D eigenvalue weighted by atomic mass is 10.2. The molecule has 0 unspecified atom stereocenters. The maximum Gasteiger partial charge on any atom is 0.154 e. The van der Waals surface area contributed by atoms with Gasteiger partial charge in [-0.25, -0.2) is 0 Å². The number of hydrogen-bond acceptors (Lipinski definition) is 3. The third-order valence-corrected chi connectivity index (χ3v) is 3.59. The number of rotatable bonds is 5. The quantitative estimate of drug-likeness (QED) is 0.637. The first kappa shape index (κ1) is 22.7. The summed E-state index contributed by atoms with van der Waals surface area (Å²) in [6.07, 6.45) is 4.48. The predicted molar refractivity (Wildman–Crippen MR) is 111 cm³/mol. The molecule has 1 aromatic heterocycles. The third-order valence-electron chi connectivity index (χ3n) is 3.59. The minimum atomic E-state index is 0.506. The van der Waals surface area contributed by atoms with Gasteiger partial charge in [0.1, 0.15) is 5.82 Å². The summed E-state index contributed by atoms with van der Waals surface area (Å²) in [4.78, 5) is 13.1. The molecule has 25 heavy (non-hydrogen) atoms. The number of anilines is 1. The molecular formula is C21H33N3O. The van der Waals surface area contributed by atoms with Gasteiger partial charge < -0.3 is 15.2 Å². The van der Waals surface area contributed by atoms with Crippen LogP contribution in [-0.2, 0) is 6.54 Å². The molecule has 0 spiro atoms. The van der Waals surface area contributed by atoms with Gasteiger partial charge in [-0.1, -0.05) is 51.1 Å². The summed E-state index contributed by atoms with van der Waals surface area (Å²) < 4.78 is 1.88. The molecule has 2 rings (SSSR count). The molecule has 0 fully saturated rings. The molecular weight excluding hydrogens is 310 g/mol. The van der Waals surface area contributed by atoms with Crippen molar-refractivity contribution in [3.8, 4) is 0 Å². The van der Waals surface area contributed by atoms with Crippen molar-refractivity contribution in [1.82, 2.24) is 9.47 Å². The van der Waals surface area contributed by atoms with Crippen molar-refractivity contribution in [1.29, 1.82) is 0 Å². The summed E-state index contributed by atoms with van der Waals surface area (Å²) in [6, 6.07) is 7.67. The zero-order valence-electron chi connectivity index (χ0n) is 16.3. The molecule has 0 saturated heterocycles. The minimum absolute atomic E-state index is 0.506. The highest BCUT2D eigenvalue weighted by Gasteiger charge is 2.12. The van der Waals surface area contributed by atoms with Crippen molar-refractivity contribution in [3.63, 3.8) is 0 Å². The van der Waals surface area contributed by atoms with Crippen molar-refractivity contribution in [2.75, 3.05) is 26.4 Å². The van der Waals surface area contributed by atoms with Crippen LogP contribution in [0.5, 0.6) is 0 Å². The maximum atomic E-state index is 10.9. The molecule has 0 aliphatic heterocycles. The van der Waals surface area contributed by atoms with Gasteiger partial charge in [-0.05, 0) is 32.6 Å². The lowest BCUT2D eigenvalue weighted by molar-refractivity contribution is 0.112. The highest BCUT2D eigenvalue weighted by Crippen LogP contribution is 2.26. The van der Waals surface area contributed by atoms with Crippen LogP contribution in [0.1, 0.15) is 31.1 Å². The monoisotopic (exact) mass is 343 g/mol. The number of aldehydes is 1. The van der Waals surface area contributed by atoms with E-state index in [0.717, 1.165) is 23.7 Å². The number of nitrogens with two attached hydrogens (primary N) is 1. The number of para-hydroxylation sites is 1. The second-order valence-electron chi connectivity index (χ2n) is 6.21. The lowest BCUT2D eigenvalue weighted by Crippen LogP contribution is -2.08. The Morgan fingerprint density at radius 2 is 1.76 bits per heavy atom. The Bertz CT molecular complexity index is 669. The van der Waals surface area contributed by atoms with E-state index in [1.54, 1.807) is 6.08 Å². The Hall–Kier alpha value is -2.33. The standard InChI is InChI=1S/C12H12N2O.C5H10.C4H11N/c1-2-7-14-11-6-4-3-5-9(11)10(8-15)12(14)13;2*1-4-5(2)3/h2-6,8H,1,7,13H2;4-5H,1H2,2-3H3;4H2,1-3H3. The van der Waals surface area contributed by atoms with Crippen molar-refractivity contribution < 1.29 is 4.79 Å². The number of fused-ring (bicyclic) bond motifs is 1. The molecule has 4 nitrogen and oxygen atoms in total. The smallest absolute Gasteiger partial charge is 0.154 e. The van der Waals surface area contributed by atoms with Crippen molar-refractivity contribution >= 4 is 23.0 Å². The van der Waals surface area contributed by atoms with Crippen molar-refractivity contribution in [3.05, 3.63) is 55.1 Å². The van der Waals surface area contributed by atoms with Crippen LogP contribution in [0.3, 0.4) is 0 Å². The fraction of sp³-hybridized carbons (Fsp3) is 0.381. The Balaban J connectivity index is 0.000000480. The molecule has 2 N–H and O–H groups in total. The minimum Gasteiger partial charge on any atom is -0.384 e. The van der Waals surface area contributed by atoms with Crippen LogP contribution in [0.25, 0.3) is 10.9 Å². The Morgan fingerprint density at radius 1 is 1.24 bits per heavy atom. The normalized spacial score (nSPS) is 9.88. The first-order valence-electron chi connectivity index (χ1n) is 8.53. The second-order valence-corrected chi connectivity index (χ2v) is 6.21. The topological polar surface area (TPSA) is 51.3 Å². The van der Waals surface area contributed by atoms with Gasteiger partial charge in [-0.15, -0.1) is 13.2 Å². The number of nitrogen functional groups attached to an aromatic ring is 1.